The summed E-state index contributed by atoms with van der Waals surface area (Å²) >= 11 is 0. The number of hydrogen-bond acceptors (Lipinski definition) is 5. The second-order valence-corrected chi connectivity index (χ2v) is 6.03. The molecule has 6 heteroatoms. The van der Waals surface area contributed by atoms with Gasteiger partial charge in [-0.3, -0.25) is 4.79 Å². The molecule has 0 saturated carbocycles. The van der Waals surface area contributed by atoms with Crippen LogP contribution < -0.4 is 10.1 Å². The van der Waals surface area contributed by atoms with Gasteiger partial charge in [-0.15, -0.1) is 0 Å². The lowest BCUT2D eigenvalue weighted by Gasteiger charge is -2.18. The van der Waals surface area contributed by atoms with Crippen molar-refractivity contribution in [3.05, 3.63) is 23.3 Å². The van der Waals surface area contributed by atoms with Crippen molar-refractivity contribution in [3.8, 4) is 5.75 Å². The van der Waals surface area contributed by atoms with Gasteiger partial charge in [0.15, 0.2) is 6.61 Å². The largest absolute Gasteiger partial charge is 0.483 e. The number of likely N-dealkylation sites (tertiary alicyclic amines) is 1. The molecule has 0 aliphatic carbocycles. The SMILES string of the molecule is Cc1cc(NCC(O)CO)cc(C)c1OCC(=O)N1CCCC1. The third kappa shape index (κ3) is 4.84. The molecule has 3 N–H and O–H groups in total. The number of aryl methyl sites for hydroxylation is 2. The molecule has 6 nitrogen and oxygen atoms in total. The van der Waals surface area contributed by atoms with Crippen LogP contribution in [0, 0.1) is 13.8 Å². The van der Waals surface area contributed by atoms with E-state index in [2.05, 4.69) is 5.32 Å². The zero-order valence-corrected chi connectivity index (χ0v) is 13.8. The number of hydrogen-bond donors (Lipinski definition) is 3. The Morgan fingerprint density at radius 2 is 1.91 bits per heavy atom. The van der Waals surface area contributed by atoms with Crippen LogP contribution in [-0.4, -0.2) is 60.0 Å². The molecule has 1 aliphatic rings. The maximum atomic E-state index is 12.1. The smallest absolute Gasteiger partial charge is 0.260 e. The minimum Gasteiger partial charge on any atom is -0.483 e. The summed E-state index contributed by atoms with van der Waals surface area (Å²) in [6, 6.07) is 3.82. The van der Waals surface area contributed by atoms with Gasteiger partial charge in [0.2, 0.25) is 0 Å². The second-order valence-electron chi connectivity index (χ2n) is 6.03. The number of nitrogens with zero attached hydrogens (tertiary/aromatic N) is 1. The number of benzene rings is 1. The van der Waals surface area contributed by atoms with Gasteiger partial charge < -0.3 is 25.2 Å². The summed E-state index contributed by atoms with van der Waals surface area (Å²) in [6.07, 6.45) is 1.36. The molecule has 1 heterocycles. The van der Waals surface area contributed by atoms with Crippen LogP contribution in [0.5, 0.6) is 5.75 Å². The molecule has 0 bridgehead atoms. The van der Waals surface area contributed by atoms with E-state index in [0.717, 1.165) is 48.5 Å². The molecule has 1 aromatic rings. The van der Waals surface area contributed by atoms with Crippen molar-refractivity contribution in [3.63, 3.8) is 0 Å². The molecule has 1 saturated heterocycles. The number of rotatable bonds is 7. The summed E-state index contributed by atoms with van der Waals surface area (Å²) < 4.78 is 5.74. The predicted molar refractivity (Wildman–Crippen MR) is 88.8 cm³/mol. The highest BCUT2D eigenvalue weighted by Gasteiger charge is 2.19. The molecule has 1 atom stereocenters. The van der Waals surface area contributed by atoms with Crippen molar-refractivity contribution in [2.24, 2.45) is 0 Å². The number of carbonyl (C=O) groups excluding carboxylic acids is 1. The molecule has 1 amide bonds. The van der Waals surface area contributed by atoms with Crippen molar-refractivity contribution >= 4 is 11.6 Å². The fraction of sp³-hybridized carbons (Fsp3) is 0.588. The molecule has 1 aliphatic heterocycles. The van der Waals surface area contributed by atoms with Crippen LogP contribution in [0.25, 0.3) is 0 Å². The maximum Gasteiger partial charge on any atom is 0.260 e. The number of amides is 1. The van der Waals surface area contributed by atoms with Gasteiger partial charge >= 0.3 is 0 Å². The first-order valence-electron chi connectivity index (χ1n) is 8.06. The van der Waals surface area contributed by atoms with E-state index in [4.69, 9.17) is 9.84 Å². The van der Waals surface area contributed by atoms with E-state index < -0.39 is 6.10 Å². The normalized spacial score (nSPS) is 15.6. The van der Waals surface area contributed by atoms with Crippen LogP contribution in [0.2, 0.25) is 0 Å². The summed E-state index contributed by atoms with van der Waals surface area (Å²) in [5.41, 5.74) is 2.71. The topological polar surface area (TPSA) is 82.0 Å². The van der Waals surface area contributed by atoms with Crippen LogP contribution in [-0.2, 0) is 4.79 Å². The third-order valence-electron chi connectivity index (χ3n) is 4.01. The van der Waals surface area contributed by atoms with E-state index in [9.17, 15) is 9.90 Å². The average molecular weight is 322 g/mol. The number of carbonyl (C=O) groups is 1. The summed E-state index contributed by atoms with van der Waals surface area (Å²) in [4.78, 5) is 13.9. The maximum absolute atomic E-state index is 12.1. The fourth-order valence-corrected chi connectivity index (χ4v) is 2.77. The van der Waals surface area contributed by atoms with Crippen LogP contribution in [0.15, 0.2) is 12.1 Å². The van der Waals surface area contributed by atoms with Crippen LogP contribution in [0.3, 0.4) is 0 Å². The number of nitrogens with one attached hydrogen (secondary N) is 1. The monoisotopic (exact) mass is 322 g/mol. The average Bonchev–Trinajstić information content (AvgIpc) is 3.06. The van der Waals surface area contributed by atoms with Gasteiger partial charge in [-0.05, 0) is 49.9 Å². The molecule has 23 heavy (non-hydrogen) atoms. The molecule has 128 valence electrons. The first kappa shape index (κ1) is 17.6. The lowest BCUT2D eigenvalue weighted by Crippen LogP contribution is -2.32. The molecular weight excluding hydrogens is 296 g/mol. The van der Waals surface area contributed by atoms with Crippen LogP contribution in [0.1, 0.15) is 24.0 Å². The van der Waals surface area contributed by atoms with Gasteiger partial charge in [-0.2, -0.15) is 0 Å². The minimum absolute atomic E-state index is 0.0366. The standard InChI is InChI=1S/C17H26N2O4/c1-12-7-14(18-9-15(21)10-20)8-13(2)17(12)23-11-16(22)19-5-3-4-6-19/h7-8,15,18,20-21H,3-6,9-11H2,1-2H3. The predicted octanol–water partition coefficient (Wildman–Crippen LogP) is 1.07. The highest BCUT2D eigenvalue weighted by molar-refractivity contribution is 5.78. The Hall–Kier alpha value is -1.79. The van der Waals surface area contributed by atoms with Crippen molar-refractivity contribution in [2.45, 2.75) is 32.8 Å². The van der Waals surface area contributed by atoms with E-state index >= 15 is 0 Å². The van der Waals surface area contributed by atoms with Gasteiger partial charge in [0, 0.05) is 25.3 Å². The Bertz CT molecular complexity index is 518. The zero-order chi connectivity index (χ0) is 16.8. The molecule has 2 rings (SSSR count). The van der Waals surface area contributed by atoms with Crippen molar-refractivity contribution in [2.75, 3.05) is 38.2 Å². The van der Waals surface area contributed by atoms with Gasteiger partial charge in [0.1, 0.15) is 5.75 Å². The summed E-state index contributed by atoms with van der Waals surface area (Å²) in [5, 5.41) is 21.3. The summed E-state index contributed by atoms with van der Waals surface area (Å²) in [5.74, 6) is 0.764. The van der Waals surface area contributed by atoms with E-state index in [0.29, 0.717) is 0 Å². The molecule has 0 aromatic heterocycles. The summed E-state index contributed by atoms with van der Waals surface area (Å²) in [7, 11) is 0. The third-order valence-corrected chi connectivity index (χ3v) is 4.01. The van der Waals surface area contributed by atoms with Crippen LogP contribution >= 0.6 is 0 Å². The molecule has 0 spiro atoms. The highest BCUT2D eigenvalue weighted by Crippen LogP contribution is 2.27. The Balaban J connectivity index is 1.95. The molecule has 1 fully saturated rings. The second kappa shape index (κ2) is 8.17. The Labute approximate surface area is 137 Å². The van der Waals surface area contributed by atoms with Gasteiger partial charge in [-0.25, -0.2) is 0 Å². The van der Waals surface area contributed by atoms with Gasteiger partial charge in [0.05, 0.1) is 12.7 Å². The Morgan fingerprint density at radius 1 is 1.30 bits per heavy atom. The Morgan fingerprint density at radius 3 is 2.48 bits per heavy atom. The molecule has 1 aromatic carbocycles. The first-order chi connectivity index (χ1) is 11.0. The number of aliphatic hydroxyl groups excluding tert-OH is 2. The minimum atomic E-state index is -0.787. The highest BCUT2D eigenvalue weighted by atomic mass is 16.5. The molecule has 0 radical (unpaired) electrons. The lowest BCUT2D eigenvalue weighted by molar-refractivity contribution is -0.132. The first-order valence-corrected chi connectivity index (χ1v) is 8.06. The van der Waals surface area contributed by atoms with E-state index in [-0.39, 0.29) is 25.7 Å². The van der Waals surface area contributed by atoms with Crippen LogP contribution in [0.4, 0.5) is 5.69 Å². The summed E-state index contributed by atoms with van der Waals surface area (Å²) in [6.45, 7) is 5.59. The number of anilines is 1. The van der Waals surface area contributed by atoms with Gasteiger partial charge in [-0.1, -0.05) is 0 Å². The quantitative estimate of drug-likeness (QED) is 0.699. The Kier molecular flexibility index (Phi) is 6.24. The number of ether oxygens (including phenoxy) is 1. The van der Waals surface area contributed by atoms with Gasteiger partial charge in [0.25, 0.3) is 5.91 Å². The van der Waals surface area contributed by atoms with E-state index in [1.807, 2.05) is 30.9 Å². The molecule has 1 unspecified atom stereocenters. The number of aliphatic hydroxyl groups is 2. The lowest BCUT2D eigenvalue weighted by atomic mass is 10.1. The van der Waals surface area contributed by atoms with Crippen molar-refractivity contribution in [1.82, 2.24) is 4.90 Å². The van der Waals surface area contributed by atoms with Crippen molar-refractivity contribution < 1.29 is 19.7 Å². The van der Waals surface area contributed by atoms with E-state index in [1.54, 1.807) is 0 Å². The zero-order valence-electron chi connectivity index (χ0n) is 13.8. The van der Waals surface area contributed by atoms with E-state index in [1.165, 1.54) is 0 Å². The fourth-order valence-electron chi connectivity index (χ4n) is 2.77. The van der Waals surface area contributed by atoms with Crippen molar-refractivity contribution in [1.29, 1.82) is 0 Å². The molecular formula is C17H26N2O4.